The summed E-state index contributed by atoms with van der Waals surface area (Å²) < 4.78 is 0. The zero-order valence-electron chi connectivity index (χ0n) is 9.38. The van der Waals surface area contributed by atoms with E-state index in [9.17, 15) is 0 Å². The standard InChI is InChI=1S/C12H20N2/c1-11-7-4-5-8-12(11)14(3)10-6-9-13-2/h4-5,7-8,13H,6,9-10H2,1-3H3. The van der Waals surface area contributed by atoms with Gasteiger partial charge < -0.3 is 10.2 Å². The van der Waals surface area contributed by atoms with Gasteiger partial charge in [0.2, 0.25) is 0 Å². The lowest BCUT2D eigenvalue weighted by Crippen LogP contribution is -2.22. The van der Waals surface area contributed by atoms with Gasteiger partial charge in [-0.25, -0.2) is 0 Å². The van der Waals surface area contributed by atoms with Gasteiger partial charge in [-0.2, -0.15) is 0 Å². The Hall–Kier alpha value is -1.02. The molecule has 0 fully saturated rings. The smallest absolute Gasteiger partial charge is 0.0393 e. The molecular formula is C12H20N2. The number of anilines is 1. The number of hydrogen-bond acceptors (Lipinski definition) is 2. The van der Waals surface area contributed by atoms with Gasteiger partial charge in [-0.3, -0.25) is 0 Å². The van der Waals surface area contributed by atoms with Gasteiger partial charge in [0.25, 0.3) is 0 Å². The SMILES string of the molecule is CNCCCN(C)c1ccccc1C. The van der Waals surface area contributed by atoms with E-state index in [2.05, 4.69) is 48.5 Å². The first-order chi connectivity index (χ1) is 6.75. The highest BCUT2D eigenvalue weighted by molar-refractivity contribution is 5.52. The van der Waals surface area contributed by atoms with E-state index in [0.29, 0.717) is 0 Å². The summed E-state index contributed by atoms with van der Waals surface area (Å²) in [5, 5.41) is 3.16. The molecule has 14 heavy (non-hydrogen) atoms. The van der Waals surface area contributed by atoms with E-state index in [1.54, 1.807) is 0 Å². The fourth-order valence-electron chi connectivity index (χ4n) is 1.61. The second kappa shape index (κ2) is 5.66. The molecule has 0 spiro atoms. The number of aryl methyl sites for hydroxylation is 1. The molecule has 2 nitrogen and oxygen atoms in total. The van der Waals surface area contributed by atoms with Crippen LogP contribution in [0.25, 0.3) is 0 Å². The second-order valence-corrected chi connectivity index (χ2v) is 3.67. The molecule has 0 heterocycles. The average molecular weight is 192 g/mol. The molecule has 1 N–H and O–H groups in total. The van der Waals surface area contributed by atoms with Crippen LogP contribution in [0.2, 0.25) is 0 Å². The van der Waals surface area contributed by atoms with Gasteiger partial charge in [0.05, 0.1) is 0 Å². The Morgan fingerprint density at radius 2 is 2.00 bits per heavy atom. The quantitative estimate of drug-likeness (QED) is 0.718. The summed E-state index contributed by atoms with van der Waals surface area (Å²) in [6.07, 6.45) is 1.18. The molecule has 0 aromatic heterocycles. The molecule has 1 aromatic carbocycles. The minimum absolute atomic E-state index is 1.08. The second-order valence-electron chi connectivity index (χ2n) is 3.67. The van der Waals surface area contributed by atoms with Gasteiger partial charge in [-0.15, -0.1) is 0 Å². The lowest BCUT2D eigenvalue weighted by Gasteiger charge is -2.21. The zero-order chi connectivity index (χ0) is 10.4. The third-order valence-corrected chi connectivity index (χ3v) is 2.45. The predicted molar refractivity (Wildman–Crippen MR) is 63.0 cm³/mol. The Balaban J connectivity index is 2.51. The largest absolute Gasteiger partial charge is 0.374 e. The number of hydrogen-bond donors (Lipinski definition) is 1. The van der Waals surface area contributed by atoms with Crippen molar-refractivity contribution in [2.45, 2.75) is 13.3 Å². The van der Waals surface area contributed by atoms with Crippen molar-refractivity contribution in [3.8, 4) is 0 Å². The minimum atomic E-state index is 1.08. The van der Waals surface area contributed by atoms with Crippen molar-refractivity contribution in [1.82, 2.24) is 5.32 Å². The molecule has 0 bridgehead atoms. The summed E-state index contributed by atoms with van der Waals surface area (Å²) in [7, 11) is 4.14. The topological polar surface area (TPSA) is 15.3 Å². The van der Waals surface area contributed by atoms with E-state index in [0.717, 1.165) is 13.1 Å². The number of nitrogens with one attached hydrogen (secondary N) is 1. The van der Waals surface area contributed by atoms with Crippen LogP contribution < -0.4 is 10.2 Å². The van der Waals surface area contributed by atoms with Gasteiger partial charge in [-0.05, 0) is 38.6 Å². The number of para-hydroxylation sites is 1. The lowest BCUT2D eigenvalue weighted by atomic mass is 10.2. The number of rotatable bonds is 5. The molecule has 1 aromatic rings. The van der Waals surface area contributed by atoms with Crippen LogP contribution in [0.3, 0.4) is 0 Å². The summed E-state index contributed by atoms with van der Waals surface area (Å²) in [5.41, 5.74) is 2.68. The van der Waals surface area contributed by atoms with E-state index < -0.39 is 0 Å². The first kappa shape index (κ1) is 11.1. The normalized spacial score (nSPS) is 10.2. The minimum Gasteiger partial charge on any atom is -0.374 e. The lowest BCUT2D eigenvalue weighted by molar-refractivity contribution is 0.712. The molecule has 78 valence electrons. The molecule has 0 saturated heterocycles. The van der Waals surface area contributed by atoms with Gasteiger partial charge in [0.1, 0.15) is 0 Å². The fraction of sp³-hybridized carbons (Fsp3) is 0.500. The molecule has 0 aliphatic rings. The number of benzene rings is 1. The Labute approximate surface area is 86.9 Å². The van der Waals surface area contributed by atoms with E-state index >= 15 is 0 Å². The first-order valence-electron chi connectivity index (χ1n) is 5.17. The van der Waals surface area contributed by atoms with Gasteiger partial charge >= 0.3 is 0 Å². The maximum atomic E-state index is 3.16. The third-order valence-electron chi connectivity index (χ3n) is 2.45. The molecule has 2 heteroatoms. The van der Waals surface area contributed by atoms with Gasteiger partial charge in [0.15, 0.2) is 0 Å². The molecule has 1 rings (SSSR count). The molecule has 0 aliphatic carbocycles. The number of nitrogens with zero attached hydrogens (tertiary/aromatic N) is 1. The van der Waals surface area contributed by atoms with E-state index in [1.165, 1.54) is 17.7 Å². The molecule has 0 saturated carbocycles. The van der Waals surface area contributed by atoms with Crippen molar-refractivity contribution in [2.75, 3.05) is 32.1 Å². The molecular weight excluding hydrogens is 172 g/mol. The Morgan fingerprint density at radius 3 is 2.64 bits per heavy atom. The predicted octanol–water partition coefficient (Wildman–Crippen LogP) is 2.04. The molecule has 0 radical (unpaired) electrons. The van der Waals surface area contributed by atoms with Gasteiger partial charge in [-0.1, -0.05) is 18.2 Å². The Morgan fingerprint density at radius 1 is 1.29 bits per heavy atom. The van der Waals surface area contributed by atoms with Crippen LogP contribution in [0.5, 0.6) is 0 Å². The highest BCUT2D eigenvalue weighted by atomic mass is 15.1. The van der Waals surface area contributed by atoms with Crippen LogP contribution in [0, 0.1) is 6.92 Å². The van der Waals surface area contributed by atoms with E-state index in [4.69, 9.17) is 0 Å². The van der Waals surface area contributed by atoms with Crippen LogP contribution >= 0.6 is 0 Å². The average Bonchev–Trinajstić information content (AvgIpc) is 2.18. The van der Waals surface area contributed by atoms with Crippen LogP contribution in [0.15, 0.2) is 24.3 Å². The monoisotopic (exact) mass is 192 g/mol. The molecule has 0 aliphatic heterocycles. The van der Waals surface area contributed by atoms with Crippen molar-refractivity contribution < 1.29 is 0 Å². The maximum absolute atomic E-state index is 3.16. The van der Waals surface area contributed by atoms with E-state index in [-0.39, 0.29) is 0 Å². The zero-order valence-corrected chi connectivity index (χ0v) is 9.38. The van der Waals surface area contributed by atoms with Crippen molar-refractivity contribution in [3.63, 3.8) is 0 Å². The van der Waals surface area contributed by atoms with Crippen LogP contribution in [0.1, 0.15) is 12.0 Å². The Bertz CT molecular complexity index is 271. The Kier molecular flexibility index (Phi) is 4.47. The first-order valence-corrected chi connectivity index (χ1v) is 5.17. The molecule has 0 amide bonds. The maximum Gasteiger partial charge on any atom is 0.0393 e. The van der Waals surface area contributed by atoms with Crippen molar-refractivity contribution in [2.24, 2.45) is 0 Å². The van der Waals surface area contributed by atoms with Crippen molar-refractivity contribution in [1.29, 1.82) is 0 Å². The summed E-state index contributed by atoms with van der Waals surface area (Å²) in [4.78, 5) is 2.31. The van der Waals surface area contributed by atoms with E-state index in [1.807, 2.05) is 7.05 Å². The third kappa shape index (κ3) is 3.04. The van der Waals surface area contributed by atoms with Crippen molar-refractivity contribution >= 4 is 5.69 Å². The summed E-state index contributed by atoms with van der Waals surface area (Å²) in [6, 6.07) is 8.51. The molecule has 0 atom stereocenters. The van der Waals surface area contributed by atoms with Crippen LogP contribution in [-0.2, 0) is 0 Å². The summed E-state index contributed by atoms with van der Waals surface area (Å²) >= 11 is 0. The highest BCUT2D eigenvalue weighted by Gasteiger charge is 2.01. The molecule has 0 unspecified atom stereocenters. The highest BCUT2D eigenvalue weighted by Crippen LogP contribution is 2.17. The van der Waals surface area contributed by atoms with Crippen LogP contribution in [0.4, 0.5) is 5.69 Å². The summed E-state index contributed by atoms with van der Waals surface area (Å²) in [5.74, 6) is 0. The van der Waals surface area contributed by atoms with Crippen molar-refractivity contribution in [3.05, 3.63) is 29.8 Å². The van der Waals surface area contributed by atoms with Crippen LogP contribution in [-0.4, -0.2) is 27.2 Å². The summed E-state index contributed by atoms with van der Waals surface area (Å²) in [6.45, 7) is 4.34. The van der Waals surface area contributed by atoms with Gasteiger partial charge in [0, 0.05) is 19.3 Å². The fourth-order valence-corrected chi connectivity index (χ4v) is 1.61.